The second-order valence-corrected chi connectivity index (χ2v) is 9.61. The van der Waals surface area contributed by atoms with Gasteiger partial charge in [-0.25, -0.2) is 8.42 Å². The largest absolute Gasteiger partial charge is 0.489 e. The van der Waals surface area contributed by atoms with Crippen LogP contribution in [0.3, 0.4) is 0 Å². The van der Waals surface area contributed by atoms with Crippen LogP contribution in [0.5, 0.6) is 5.75 Å². The molecule has 168 valence electrons. The molecule has 0 spiro atoms. The van der Waals surface area contributed by atoms with Gasteiger partial charge in [-0.05, 0) is 50.2 Å². The molecular formula is C23H25N3O5S. The molecule has 2 aromatic carbocycles. The number of nitrogens with zero attached hydrogens (tertiary/aromatic N) is 2. The zero-order chi connectivity index (χ0) is 22.7. The maximum absolute atomic E-state index is 13.2. The minimum Gasteiger partial charge on any atom is -0.489 e. The molecule has 4 rings (SSSR count). The first-order valence-electron chi connectivity index (χ1n) is 10.4. The van der Waals surface area contributed by atoms with Gasteiger partial charge in [0.25, 0.3) is 5.91 Å². The molecule has 2 heterocycles. The lowest BCUT2D eigenvalue weighted by molar-refractivity contribution is 0.0730. The van der Waals surface area contributed by atoms with Gasteiger partial charge in [0.2, 0.25) is 10.0 Å². The summed E-state index contributed by atoms with van der Waals surface area (Å²) < 4.78 is 38.7. The zero-order valence-electron chi connectivity index (χ0n) is 17.9. The second-order valence-electron chi connectivity index (χ2n) is 7.67. The Morgan fingerprint density at radius 3 is 2.66 bits per heavy atom. The third-order valence-corrected chi connectivity index (χ3v) is 6.95. The lowest BCUT2D eigenvalue weighted by Crippen LogP contribution is -2.40. The molecule has 8 nitrogen and oxygen atoms in total. The number of pyridine rings is 1. The Bertz CT molecular complexity index is 1230. The van der Waals surface area contributed by atoms with E-state index in [1.54, 1.807) is 30.5 Å². The summed E-state index contributed by atoms with van der Waals surface area (Å²) in [5.41, 5.74) is 1.42. The predicted molar refractivity (Wildman–Crippen MR) is 121 cm³/mol. The summed E-state index contributed by atoms with van der Waals surface area (Å²) in [5, 5.41) is 3.54. The molecule has 32 heavy (non-hydrogen) atoms. The highest BCUT2D eigenvalue weighted by atomic mass is 32.2. The highest BCUT2D eigenvalue weighted by Crippen LogP contribution is 2.31. The fourth-order valence-electron chi connectivity index (χ4n) is 3.55. The Kier molecular flexibility index (Phi) is 6.40. The summed E-state index contributed by atoms with van der Waals surface area (Å²) in [4.78, 5) is 17.5. The SMILES string of the molecule is CC(C)Oc1ccc(S(=O)(=O)N2CCOCC2)cc1NC(=O)c1cccc2ncccc12. The summed E-state index contributed by atoms with van der Waals surface area (Å²) in [7, 11) is -3.73. The molecule has 9 heteroatoms. The Morgan fingerprint density at radius 2 is 1.91 bits per heavy atom. The number of anilines is 1. The molecule has 0 atom stereocenters. The third kappa shape index (κ3) is 4.59. The van der Waals surface area contributed by atoms with Gasteiger partial charge in [-0.3, -0.25) is 9.78 Å². The van der Waals surface area contributed by atoms with Crippen LogP contribution in [0.4, 0.5) is 5.69 Å². The number of fused-ring (bicyclic) bond motifs is 1. The fourth-order valence-corrected chi connectivity index (χ4v) is 4.99. The van der Waals surface area contributed by atoms with Crippen molar-refractivity contribution in [3.05, 3.63) is 60.3 Å². The summed E-state index contributed by atoms with van der Waals surface area (Å²) in [6.45, 7) is 5.01. The van der Waals surface area contributed by atoms with Crippen LogP contribution in [0.25, 0.3) is 10.9 Å². The molecule has 1 fully saturated rings. The fraction of sp³-hybridized carbons (Fsp3) is 0.304. The van der Waals surface area contributed by atoms with Crippen molar-refractivity contribution >= 4 is 32.5 Å². The van der Waals surface area contributed by atoms with Crippen molar-refractivity contribution in [2.24, 2.45) is 0 Å². The first-order chi connectivity index (χ1) is 15.4. The average Bonchev–Trinajstić information content (AvgIpc) is 2.80. The van der Waals surface area contributed by atoms with Gasteiger partial charge in [0.15, 0.2) is 0 Å². The molecule has 1 N–H and O–H groups in total. The maximum atomic E-state index is 13.2. The summed E-state index contributed by atoms with van der Waals surface area (Å²) in [5.74, 6) is 0.0192. The molecule has 0 unspecified atom stereocenters. The molecule has 1 aliphatic heterocycles. The first-order valence-corrected chi connectivity index (χ1v) is 11.8. The van der Waals surface area contributed by atoms with Crippen molar-refractivity contribution in [2.75, 3.05) is 31.6 Å². The van der Waals surface area contributed by atoms with E-state index in [2.05, 4.69) is 10.3 Å². The highest BCUT2D eigenvalue weighted by Gasteiger charge is 2.27. The molecular weight excluding hydrogens is 430 g/mol. The normalized spacial score (nSPS) is 15.1. The third-order valence-electron chi connectivity index (χ3n) is 5.06. The second kappa shape index (κ2) is 9.23. The maximum Gasteiger partial charge on any atom is 0.256 e. The Labute approximate surface area is 187 Å². The standard InChI is InChI=1S/C23H25N3O5S/c1-16(2)31-22-9-8-17(32(28,29)26-11-13-30-14-12-26)15-21(22)25-23(27)19-5-3-7-20-18(19)6-4-10-24-20/h3-10,15-16H,11-14H2,1-2H3,(H,25,27). The topological polar surface area (TPSA) is 97.8 Å². The summed E-state index contributed by atoms with van der Waals surface area (Å²) in [6.07, 6.45) is 1.51. The van der Waals surface area contributed by atoms with Crippen LogP contribution in [-0.2, 0) is 14.8 Å². The van der Waals surface area contributed by atoms with Crippen molar-refractivity contribution < 1.29 is 22.7 Å². The molecule has 0 radical (unpaired) electrons. The average molecular weight is 456 g/mol. The van der Waals surface area contributed by atoms with Crippen molar-refractivity contribution in [1.29, 1.82) is 0 Å². The van der Waals surface area contributed by atoms with Gasteiger partial charge in [0.1, 0.15) is 5.75 Å². The quantitative estimate of drug-likeness (QED) is 0.613. The van der Waals surface area contributed by atoms with Gasteiger partial charge in [0, 0.05) is 30.2 Å². The number of benzene rings is 2. The van der Waals surface area contributed by atoms with Crippen LogP contribution in [0.1, 0.15) is 24.2 Å². The van der Waals surface area contributed by atoms with Crippen LogP contribution >= 0.6 is 0 Å². The lowest BCUT2D eigenvalue weighted by atomic mass is 10.1. The number of carbonyl (C=O) groups is 1. The number of aromatic nitrogens is 1. The predicted octanol–water partition coefficient (Wildman–Crippen LogP) is 3.30. The van der Waals surface area contributed by atoms with Crippen LogP contribution in [0, 0.1) is 0 Å². The Balaban J connectivity index is 1.71. The summed E-state index contributed by atoms with van der Waals surface area (Å²) >= 11 is 0. The number of hydrogen-bond acceptors (Lipinski definition) is 6. The van der Waals surface area contributed by atoms with Crippen molar-refractivity contribution in [3.63, 3.8) is 0 Å². The van der Waals surface area contributed by atoms with Gasteiger partial charge in [-0.2, -0.15) is 4.31 Å². The zero-order valence-corrected chi connectivity index (χ0v) is 18.8. The number of ether oxygens (including phenoxy) is 2. The number of rotatable bonds is 6. The minimum atomic E-state index is -3.73. The molecule has 3 aromatic rings. The summed E-state index contributed by atoms with van der Waals surface area (Å²) in [6, 6.07) is 13.4. The molecule has 1 aliphatic rings. The van der Waals surface area contributed by atoms with E-state index in [1.807, 2.05) is 26.0 Å². The van der Waals surface area contributed by atoms with Gasteiger partial charge in [0.05, 0.1) is 35.4 Å². The van der Waals surface area contributed by atoms with Crippen molar-refractivity contribution in [1.82, 2.24) is 9.29 Å². The minimum absolute atomic E-state index is 0.0883. The van der Waals surface area contributed by atoms with Crippen molar-refractivity contribution in [3.8, 4) is 5.75 Å². The van der Waals surface area contributed by atoms with Crippen LogP contribution in [0.2, 0.25) is 0 Å². The lowest BCUT2D eigenvalue weighted by Gasteiger charge is -2.26. The first kappa shape index (κ1) is 22.2. The smallest absolute Gasteiger partial charge is 0.256 e. The molecule has 1 saturated heterocycles. The van der Waals surface area contributed by atoms with Crippen molar-refractivity contribution in [2.45, 2.75) is 24.8 Å². The van der Waals surface area contributed by atoms with Crippen LogP contribution in [0.15, 0.2) is 59.6 Å². The molecule has 0 bridgehead atoms. The van der Waals surface area contributed by atoms with Crippen LogP contribution < -0.4 is 10.1 Å². The van der Waals surface area contributed by atoms with Gasteiger partial charge in [-0.15, -0.1) is 0 Å². The number of sulfonamides is 1. The van der Waals surface area contributed by atoms with Gasteiger partial charge < -0.3 is 14.8 Å². The number of carbonyl (C=O) groups excluding carboxylic acids is 1. The van der Waals surface area contributed by atoms with E-state index < -0.39 is 10.0 Å². The number of amides is 1. The number of morpholine rings is 1. The van der Waals surface area contributed by atoms with E-state index >= 15 is 0 Å². The molecule has 0 saturated carbocycles. The van der Waals surface area contributed by atoms with E-state index in [1.165, 1.54) is 16.4 Å². The molecule has 1 amide bonds. The van der Waals surface area contributed by atoms with Gasteiger partial charge >= 0.3 is 0 Å². The number of hydrogen-bond donors (Lipinski definition) is 1. The Hall–Kier alpha value is -3.01. The number of nitrogens with one attached hydrogen (secondary N) is 1. The van der Waals surface area contributed by atoms with E-state index in [9.17, 15) is 13.2 Å². The molecule has 1 aromatic heterocycles. The van der Waals surface area contributed by atoms with E-state index in [0.29, 0.717) is 41.1 Å². The van der Waals surface area contributed by atoms with Crippen LogP contribution in [-0.4, -0.2) is 56.0 Å². The highest BCUT2D eigenvalue weighted by molar-refractivity contribution is 7.89. The van der Waals surface area contributed by atoms with E-state index in [0.717, 1.165) is 0 Å². The van der Waals surface area contributed by atoms with E-state index in [4.69, 9.17) is 9.47 Å². The Morgan fingerprint density at radius 1 is 1.12 bits per heavy atom. The van der Waals surface area contributed by atoms with E-state index in [-0.39, 0.29) is 30.0 Å². The van der Waals surface area contributed by atoms with Gasteiger partial charge in [-0.1, -0.05) is 12.1 Å². The monoisotopic (exact) mass is 455 g/mol. The molecule has 0 aliphatic carbocycles.